The smallest absolute Gasteiger partial charge is 0.339 e. The molecule has 6 heteroatoms. The van der Waals surface area contributed by atoms with Crippen LogP contribution in [0.5, 0.6) is 11.5 Å². The van der Waals surface area contributed by atoms with Gasteiger partial charge in [0.1, 0.15) is 41.9 Å². The topological polar surface area (TPSA) is 55.8 Å². The zero-order valence-electron chi connectivity index (χ0n) is 10.9. The van der Waals surface area contributed by atoms with Crippen LogP contribution in [0, 0.1) is 11.6 Å². The third kappa shape index (κ3) is 4.17. The molecule has 0 radical (unpaired) electrons. The zero-order valence-corrected chi connectivity index (χ0v) is 10.9. The lowest BCUT2D eigenvalue weighted by Crippen LogP contribution is -2.11. The van der Waals surface area contributed by atoms with E-state index in [4.69, 9.17) is 14.6 Å². The summed E-state index contributed by atoms with van der Waals surface area (Å²) in [5.74, 6) is -1.76. The van der Waals surface area contributed by atoms with Gasteiger partial charge in [0.25, 0.3) is 0 Å². The summed E-state index contributed by atoms with van der Waals surface area (Å²) in [6.45, 7) is 0.214. The van der Waals surface area contributed by atoms with Gasteiger partial charge in [-0.3, -0.25) is 0 Å². The first kappa shape index (κ1) is 14.8. The van der Waals surface area contributed by atoms with E-state index in [1.165, 1.54) is 30.3 Å². The largest absolute Gasteiger partial charge is 0.490 e. The molecule has 0 aliphatic rings. The Morgan fingerprint density at radius 3 is 2.24 bits per heavy atom. The molecule has 0 heterocycles. The van der Waals surface area contributed by atoms with Crippen molar-refractivity contribution in [3.05, 3.63) is 59.7 Å². The highest BCUT2D eigenvalue weighted by Crippen LogP contribution is 2.19. The van der Waals surface area contributed by atoms with Crippen molar-refractivity contribution in [3.63, 3.8) is 0 Å². The Morgan fingerprint density at radius 2 is 1.57 bits per heavy atom. The van der Waals surface area contributed by atoms with E-state index in [-0.39, 0.29) is 30.3 Å². The van der Waals surface area contributed by atoms with Crippen molar-refractivity contribution in [2.75, 3.05) is 13.2 Å². The van der Waals surface area contributed by atoms with Gasteiger partial charge < -0.3 is 14.6 Å². The summed E-state index contributed by atoms with van der Waals surface area (Å²) in [7, 11) is 0. The second-order valence-corrected chi connectivity index (χ2v) is 4.10. The number of carboxylic acids is 1. The van der Waals surface area contributed by atoms with Crippen LogP contribution in [0.1, 0.15) is 10.4 Å². The van der Waals surface area contributed by atoms with Gasteiger partial charge >= 0.3 is 5.97 Å². The van der Waals surface area contributed by atoms with Crippen molar-refractivity contribution >= 4 is 5.97 Å². The lowest BCUT2D eigenvalue weighted by Gasteiger charge is -2.10. The van der Waals surface area contributed by atoms with Crippen molar-refractivity contribution in [1.82, 2.24) is 0 Å². The first-order chi connectivity index (χ1) is 10.1. The fraction of sp³-hybridized carbons (Fsp3) is 0.133. The fourth-order valence-electron chi connectivity index (χ4n) is 1.64. The highest BCUT2D eigenvalue weighted by molar-refractivity contribution is 5.90. The van der Waals surface area contributed by atoms with E-state index in [0.29, 0.717) is 5.75 Å². The number of halogens is 2. The second kappa shape index (κ2) is 6.69. The van der Waals surface area contributed by atoms with E-state index < -0.39 is 11.8 Å². The number of hydrogen-bond donors (Lipinski definition) is 1. The molecule has 0 saturated heterocycles. The molecule has 0 bridgehead atoms. The molecule has 0 amide bonds. The number of hydrogen-bond acceptors (Lipinski definition) is 3. The third-order valence-electron chi connectivity index (χ3n) is 2.60. The van der Waals surface area contributed by atoms with Gasteiger partial charge in [0.15, 0.2) is 0 Å². The van der Waals surface area contributed by atoms with Crippen LogP contribution < -0.4 is 9.47 Å². The minimum absolute atomic E-state index is 0.0617. The van der Waals surface area contributed by atoms with Crippen molar-refractivity contribution in [1.29, 1.82) is 0 Å². The quantitative estimate of drug-likeness (QED) is 0.832. The van der Waals surface area contributed by atoms with Crippen LogP contribution in [0.3, 0.4) is 0 Å². The molecular weight excluding hydrogens is 282 g/mol. The Kier molecular flexibility index (Phi) is 4.71. The van der Waals surface area contributed by atoms with Crippen LogP contribution in [-0.4, -0.2) is 24.3 Å². The van der Waals surface area contributed by atoms with Crippen molar-refractivity contribution < 1.29 is 28.2 Å². The Labute approximate surface area is 119 Å². The Hall–Kier alpha value is -2.63. The third-order valence-corrected chi connectivity index (χ3v) is 2.60. The monoisotopic (exact) mass is 294 g/mol. The summed E-state index contributed by atoms with van der Waals surface area (Å²) in [5.41, 5.74) is -0.253. The summed E-state index contributed by atoms with van der Waals surface area (Å²) in [6, 6.07) is 8.71. The molecule has 0 saturated carbocycles. The van der Waals surface area contributed by atoms with E-state index in [9.17, 15) is 13.6 Å². The van der Waals surface area contributed by atoms with Crippen LogP contribution in [0.15, 0.2) is 42.5 Å². The molecule has 2 rings (SSSR count). The number of benzene rings is 2. The molecule has 0 fully saturated rings. The molecule has 0 spiro atoms. The number of carbonyl (C=O) groups is 1. The summed E-state index contributed by atoms with van der Waals surface area (Å²) in [4.78, 5) is 10.9. The Balaban J connectivity index is 1.89. The summed E-state index contributed by atoms with van der Waals surface area (Å²) >= 11 is 0. The molecule has 0 aliphatic heterocycles. The normalized spacial score (nSPS) is 10.2. The molecule has 0 unspecified atom stereocenters. The van der Waals surface area contributed by atoms with E-state index in [1.807, 2.05) is 0 Å². The van der Waals surface area contributed by atoms with Crippen LogP contribution in [0.25, 0.3) is 0 Å². The van der Waals surface area contributed by atoms with Crippen molar-refractivity contribution in [2.24, 2.45) is 0 Å². The molecule has 2 aromatic rings. The summed E-state index contributed by atoms with van der Waals surface area (Å²) < 4.78 is 36.2. The average molecular weight is 294 g/mol. The minimum atomic E-state index is -1.27. The molecule has 0 aromatic heterocycles. The molecular formula is C15H12F2O4. The molecule has 2 aromatic carbocycles. The number of rotatable bonds is 6. The first-order valence-electron chi connectivity index (χ1n) is 6.10. The maximum atomic E-state index is 13.0. The van der Waals surface area contributed by atoms with Gasteiger partial charge in [-0.15, -0.1) is 0 Å². The SMILES string of the molecule is O=C(O)c1cc(F)ccc1OCCOc1ccc(F)cc1. The lowest BCUT2D eigenvalue weighted by atomic mass is 10.2. The summed E-state index contributed by atoms with van der Waals surface area (Å²) in [5, 5.41) is 8.94. The molecule has 1 N–H and O–H groups in total. The maximum Gasteiger partial charge on any atom is 0.339 e. The lowest BCUT2D eigenvalue weighted by molar-refractivity contribution is 0.0690. The molecule has 110 valence electrons. The van der Waals surface area contributed by atoms with Crippen LogP contribution in [0.2, 0.25) is 0 Å². The van der Waals surface area contributed by atoms with E-state index >= 15 is 0 Å². The van der Waals surface area contributed by atoms with Crippen LogP contribution >= 0.6 is 0 Å². The standard InChI is InChI=1S/C15H12F2O4/c16-10-1-4-12(5-2-10)20-7-8-21-14-6-3-11(17)9-13(14)15(18)19/h1-6,9H,7-8H2,(H,18,19). The van der Waals surface area contributed by atoms with Crippen LogP contribution in [0.4, 0.5) is 8.78 Å². The zero-order chi connectivity index (χ0) is 15.2. The molecule has 0 aliphatic carbocycles. The van der Waals surface area contributed by atoms with Gasteiger partial charge in [0.05, 0.1) is 0 Å². The van der Waals surface area contributed by atoms with Crippen molar-refractivity contribution in [3.8, 4) is 11.5 Å². The van der Waals surface area contributed by atoms with E-state index in [1.54, 1.807) is 0 Å². The average Bonchev–Trinajstić information content (AvgIpc) is 2.46. The minimum Gasteiger partial charge on any atom is -0.490 e. The Morgan fingerprint density at radius 1 is 0.952 bits per heavy atom. The molecule has 0 atom stereocenters. The van der Waals surface area contributed by atoms with Gasteiger partial charge in [-0.25, -0.2) is 13.6 Å². The maximum absolute atomic E-state index is 13.0. The van der Waals surface area contributed by atoms with Gasteiger partial charge in [-0.1, -0.05) is 0 Å². The molecule has 21 heavy (non-hydrogen) atoms. The van der Waals surface area contributed by atoms with E-state index in [2.05, 4.69) is 0 Å². The van der Waals surface area contributed by atoms with Gasteiger partial charge in [0.2, 0.25) is 0 Å². The molecule has 4 nitrogen and oxygen atoms in total. The highest BCUT2D eigenvalue weighted by Gasteiger charge is 2.12. The number of carboxylic acid groups (broad SMARTS) is 1. The summed E-state index contributed by atoms with van der Waals surface area (Å²) in [6.07, 6.45) is 0. The van der Waals surface area contributed by atoms with Crippen molar-refractivity contribution in [2.45, 2.75) is 0 Å². The van der Waals surface area contributed by atoms with Crippen LogP contribution in [-0.2, 0) is 0 Å². The van der Waals surface area contributed by atoms with E-state index in [0.717, 1.165) is 12.1 Å². The number of aromatic carboxylic acids is 1. The Bertz CT molecular complexity index is 626. The van der Waals surface area contributed by atoms with Gasteiger partial charge in [0, 0.05) is 0 Å². The second-order valence-electron chi connectivity index (χ2n) is 4.10. The van der Waals surface area contributed by atoms with Gasteiger partial charge in [-0.2, -0.15) is 0 Å². The predicted molar refractivity (Wildman–Crippen MR) is 70.7 cm³/mol. The predicted octanol–water partition coefficient (Wildman–Crippen LogP) is 3.12. The number of ether oxygens (including phenoxy) is 2. The first-order valence-corrected chi connectivity index (χ1v) is 6.10. The fourth-order valence-corrected chi connectivity index (χ4v) is 1.64. The van der Waals surface area contributed by atoms with Gasteiger partial charge in [-0.05, 0) is 42.5 Å². The highest BCUT2D eigenvalue weighted by atomic mass is 19.1.